The van der Waals surface area contributed by atoms with Crippen molar-refractivity contribution in [2.75, 3.05) is 0 Å². The van der Waals surface area contributed by atoms with E-state index in [1.54, 1.807) is 0 Å². The summed E-state index contributed by atoms with van der Waals surface area (Å²) < 4.78 is 0. The number of nitrogens with two attached hydrogens (primary N) is 1. The minimum absolute atomic E-state index is 0.424. The van der Waals surface area contributed by atoms with Crippen LogP contribution in [-0.4, -0.2) is 15.9 Å². The highest BCUT2D eigenvalue weighted by molar-refractivity contribution is 5.92. The van der Waals surface area contributed by atoms with E-state index in [0.29, 0.717) is 11.1 Å². The van der Waals surface area contributed by atoms with Crippen molar-refractivity contribution >= 4 is 5.91 Å². The number of rotatable bonds is 5. The Balaban J connectivity index is 1.40. The molecule has 4 nitrogen and oxygen atoms in total. The number of H-pyrrole nitrogens is 1. The number of amides is 1. The molecule has 4 aliphatic carbocycles. The Bertz CT molecular complexity index is 846. The molecule has 1 aromatic heterocycles. The molecule has 142 valence electrons. The molecule has 0 saturated heterocycles. The van der Waals surface area contributed by atoms with Gasteiger partial charge in [0.25, 0.3) is 5.91 Å². The lowest BCUT2D eigenvalue weighted by molar-refractivity contribution is -0.0570. The molecule has 4 heteroatoms. The third-order valence-electron chi connectivity index (χ3n) is 7.48. The van der Waals surface area contributed by atoms with Gasteiger partial charge in [-0.25, -0.2) is 4.98 Å². The first kappa shape index (κ1) is 17.0. The quantitative estimate of drug-likeness (QED) is 0.813. The van der Waals surface area contributed by atoms with Gasteiger partial charge in [0, 0.05) is 11.3 Å². The van der Waals surface area contributed by atoms with Gasteiger partial charge in [-0.3, -0.25) is 4.79 Å². The third kappa shape index (κ3) is 2.99. The van der Waals surface area contributed by atoms with Gasteiger partial charge < -0.3 is 10.7 Å². The van der Waals surface area contributed by atoms with Gasteiger partial charge in [0.2, 0.25) is 0 Å². The molecular weight excluding hydrogens is 334 g/mol. The summed E-state index contributed by atoms with van der Waals surface area (Å²) in [5, 5.41) is 0. The van der Waals surface area contributed by atoms with Crippen LogP contribution in [0.5, 0.6) is 0 Å². The predicted octanol–water partition coefficient (Wildman–Crippen LogP) is 4.63. The molecule has 2 aromatic rings. The number of aryl methyl sites for hydroxylation is 2. The minimum Gasteiger partial charge on any atom is -0.364 e. The zero-order chi connectivity index (χ0) is 18.6. The van der Waals surface area contributed by atoms with Gasteiger partial charge in [-0.05, 0) is 87.0 Å². The molecule has 6 rings (SSSR count). The van der Waals surface area contributed by atoms with E-state index in [9.17, 15) is 4.79 Å². The summed E-state index contributed by atoms with van der Waals surface area (Å²) in [6.45, 7) is 2.07. The number of aromatic amines is 1. The van der Waals surface area contributed by atoms with Crippen LogP contribution in [0.4, 0.5) is 0 Å². The molecule has 27 heavy (non-hydrogen) atoms. The highest BCUT2D eigenvalue weighted by atomic mass is 16.1. The number of carbonyl (C=O) groups excluding carboxylic acids is 1. The first-order valence-electron chi connectivity index (χ1n) is 10.5. The van der Waals surface area contributed by atoms with Gasteiger partial charge in [0.1, 0.15) is 11.5 Å². The number of primary amides is 1. The fourth-order valence-electron chi connectivity index (χ4n) is 6.75. The zero-order valence-corrected chi connectivity index (χ0v) is 16.1. The van der Waals surface area contributed by atoms with Crippen LogP contribution in [0.2, 0.25) is 0 Å². The van der Waals surface area contributed by atoms with E-state index in [4.69, 9.17) is 5.73 Å². The molecule has 4 bridgehead atoms. The lowest BCUT2D eigenvalue weighted by Gasteiger charge is -2.57. The second kappa shape index (κ2) is 6.22. The summed E-state index contributed by atoms with van der Waals surface area (Å²) >= 11 is 0. The average molecular weight is 364 g/mol. The first-order valence-corrected chi connectivity index (χ1v) is 10.5. The van der Waals surface area contributed by atoms with Crippen molar-refractivity contribution in [3.8, 4) is 11.4 Å². The average Bonchev–Trinajstić information content (AvgIpc) is 3.04. The molecule has 1 amide bonds. The van der Waals surface area contributed by atoms with E-state index in [-0.39, 0.29) is 0 Å². The Labute approximate surface area is 161 Å². The largest absolute Gasteiger partial charge is 0.364 e. The number of hydrogen-bond acceptors (Lipinski definition) is 2. The van der Waals surface area contributed by atoms with Gasteiger partial charge >= 0.3 is 0 Å². The maximum absolute atomic E-state index is 12.0. The molecular formula is C23H29N3O. The van der Waals surface area contributed by atoms with Crippen molar-refractivity contribution in [2.24, 2.45) is 28.9 Å². The molecule has 0 radical (unpaired) electrons. The van der Waals surface area contributed by atoms with Crippen molar-refractivity contribution in [2.45, 2.75) is 58.3 Å². The maximum atomic E-state index is 12.0. The van der Waals surface area contributed by atoms with Crippen molar-refractivity contribution in [1.82, 2.24) is 9.97 Å². The number of nitrogens with zero attached hydrogens (tertiary/aromatic N) is 1. The van der Waals surface area contributed by atoms with Crippen LogP contribution in [0.15, 0.2) is 24.3 Å². The smallest absolute Gasteiger partial charge is 0.269 e. The fourth-order valence-corrected chi connectivity index (χ4v) is 6.75. The third-order valence-corrected chi connectivity index (χ3v) is 7.48. The second-order valence-electron chi connectivity index (χ2n) is 9.51. The summed E-state index contributed by atoms with van der Waals surface area (Å²) in [6.07, 6.45) is 10.6. The number of hydrogen-bond donors (Lipinski definition) is 2. The molecule has 1 heterocycles. The van der Waals surface area contributed by atoms with E-state index >= 15 is 0 Å². The minimum atomic E-state index is -0.424. The molecule has 0 atom stereocenters. The van der Waals surface area contributed by atoms with Gasteiger partial charge in [0.05, 0.1) is 0 Å². The molecule has 4 fully saturated rings. The van der Waals surface area contributed by atoms with Gasteiger partial charge in [0.15, 0.2) is 0 Å². The molecule has 0 aliphatic heterocycles. The summed E-state index contributed by atoms with van der Waals surface area (Å²) in [6, 6.07) is 8.13. The monoisotopic (exact) mass is 363 g/mol. The van der Waals surface area contributed by atoms with Gasteiger partial charge in [-0.15, -0.1) is 0 Å². The molecule has 4 saturated carbocycles. The van der Waals surface area contributed by atoms with E-state index < -0.39 is 5.91 Å². The van der Waals surface area contributed by atoms with Crippen LogP contribution in [0.25, 0.3) is 11.4 Å². The molecule has 4 aliphatic rings. The Morgan fingerprint density at radius 1 is 1.15 bits per heavy atom. The van der Waals surface area contributed by atoms with Crippen molar-refractivity contribution in [3.63, 3.8) is 0 Å². The van der Waals surface area contributed by atoms with E-state index in [0.717, 1.165) is 53.2 Å². The van der Waals surface area contributed by atoms with E-state index in [2.05, 4.69) is 23.0 Å². The zero-order valence-electron chi connectivity index (χ0n) is 16.1. The van der Waals surface area contributed by atoms with E-state index in [1.165, 1.54) is 38.5 Å². The Morgan fingerprint density at radius 3 is 2.37 bits per heavy atom. The predicted molar refractivity (Wildman–Crippen MR) is 106 cm³/mol. The molecule has 1 aromatic carbocycles. The molecule has 0 spiro atoms. The van der Waals surface area contributed by atoms with Crippen LogP contribution in [-0.2, 0) is 6.42 Å². The van der Waals surface area contributed by atoms with E-state index in [1.807, 2.05) is 18.2 Å². The standard InChI is InChI=1S/C23H29N3O/c1-14-4-2-3-5-18(14)22-25-19(20(26-22)21(24)27)6-7-23-11-15-8-16(12-23)10-17(9-15)13-23/h2-5,15-17H,6-13H2,1H3,(H2,24,27)(H,25,26). The Morgan fingerprint density at radius 2 is 1.78 bits per heavy atom. The van der Waals surface area contributed by atoms with Gasteiger partial charge in [-0.1, -0.05) is 24.3 Å². The first-order chi connectivity index (χ1) is 13.0. The number of nitrogens with one attached hydrogen (secondary N) is 1. The number of carbonyl (C=O) groups is 1. The summed E-state index contributed by atoms with van der Waals surface area (Å²) in [5.74, 6) is 3.21. The summed E-state index contributed by atoms with van der Waals surface area (Å²) in [5.41, 5.74) is 9.70. The summed E-state index contributed by atoms with van der Waals surface area (Å²) in [7, 11) is 0. The number of aromatic nitrogens is 2. The summed E-state index contributed by atoms with van der Waals surface area (Å²) in [4.78, 5) is 20.0. The Kier molecular flexibility index (Phi) is 3.92. The fraction of sp³-hybridized carbons (Fsp3) is 0.565. The van der Waals surface area contributed by atoms with Crippen LogP contribution >= 0.6 is 0 Å². The number of imidazole rings is 1. The van der Waals surface area contributed by atoms with Crippen LogP contribution in [0.1, 0.15) is 66.7 Å². The van der Waals surface area contributed by atoms with Crippen LogP contribution in [0.3, 0.4) is 0 Å². The maximum Gasteiger partial charge on any atom is 0.269 e. The SMILES string of the molecule is Cc1ccccc1-c1nc(C(N)=O)c(CCC23CC4CC(CC(C4)C2)C3)[nH]1. The van der Waals surface area contributed by atoms with Crippen molar-refractivity contribution < 1.29 is 4.79 Å². The molecule has 0 unspecified atom stereocenters. The highest BCUT2D eigenvalue weighted by Gasteiger charge is 2.50. The Hall–Kier alpha value is -2.10. The number of benzene rings is 1. The van der Waals surface area contributed by atoms with Crippen molar-refractivity contribution in [3.05, 3.63) is 41.2 Å². The normalized spacial score (nSPS) is 31.4. The topological polar surface area (TPSA) is 71.8 Å². The lowest BCUT2D eigenvalue weighted by Crippen LogP contribution is -2.46. The van der Waals surface area contributed by atoms with Crippen molar-refractivity contribution in [1.29, 1.82) is 0 Å². The molecule has 3 N–H and O–H groups in total. The highest BCUT2D eigenvalue weighted by Crippen LogP contribution is 2.61. The second-order valence-corrected chi connectivity index (χ2v) is 9.51. The lowest BCUT2D eigenvalue weighted by atomic mass is 9.48. The van der Waals surface area contributed by atoms with Gasteiger partial charge in [-0.2, -0.15) is 0 Å². The van der Waals surface area contributed by atoms with Crippen LogP contribution < -0.4 is 5.73 Å². The van der Waals surface area contributed by atoms with Crippen LogP contribution in [0, 0.1) is 30.1 Å².